The first kappa shape index (κ1) is 19.2. The molecule has 0 spiro atoms. The third kappa shape index (κ3) is 3.64. The van der Waals surface area contributed by atoms with Crippen LogP contribution in [0.25, 0.3) is 22.6 Å². The number of hydrogen-bond acceptors (Lipinski definition) is 4. The number of aromatic nitrogens is 1. The Labute approximate surface area is 174 Å². The minimum Gasteiger partial charge on any atom is -0.507 e. The minimum atomic E-state index is 0.171. The number of phenolic OH excluding ortho intramolecular Hbond substituents is 1. The van der Waals surface area contributed by atoms with Crippen molar-refractivity contribution in [3.8, 4) is 17.2 Å². The normalized spacial score (nSPS) is 11.6. The molecule has 29 heavy (non-hydrogen) atoms. The molecule has 5 heteroatoms. The summed E-state index contributed by atoms with van der Waals surface area (Å²) in [6.07, 6.45) is 1.65. The van der Waals surface area contributed by atoms with Crippen LogP contribution in [0.1, 0.15) is 27.8 Å². The van der Waals surface area contributed by atoms with Crippen molar-refractivity contribution >= 4 is 34.6 Å². The summed E-state index contributed by atoms with van der Waals surface area (Å²) in [5.41, 5.74) is 7.72. The predicted molar refractivity (Wildman–Crippen MR) is 119 cm³/mol. The van der Waals surface area contributed by atoms with E-state index in [4.69, 9.17) is 16.0 Å². The van der Waals surface area contributed by atoms with Crippen LogP contribution in [0.15, 0.2) is 51.9 Å². The monoisotopic (exact) mass is 404 g/mol. The van der Waals surface area contributed by atoms with E-state index in [9.17, 15) is 5.11 Å². The molecule has 0 aliphatic rings. The second-order valence-corrected chi connectivity index (χ2v) is 7.69. The van der Waals surface area contributed by atoms with Gasteiger partial charge in [0.1, 0.15) is 11.3 Å². The summed E-state index contributed by atoms with van der Waals surface area (Å²) in [5, 5.41) is 10.9. The minimum absolute atomic E-state index is 0.171. The standard InChI is InChI=1S/C24H21ClN2O2/c1-13-5-8-22-20(9-13)27-24(29-22)17-6-7-19(14(2)10-17)26-12-18-16(4)23(25)15(3)11-21(18)28/h5-12,28H,1-4H3. The number of benzene rings is 3. The molecule has 0 atom stereocenters. The van der Waals surface area contributed by atoms with Gasteiger partial charge in [0.15, 0.2) is 5.58 Å². The fourth-order valence-corrected chi connectivity index (χ4v) is 3.50. The molecule has 0 saturated heterocycles. The number of aliphatic imine (C=N–C) groups is 1. The zero-order valence-electron chi connectivity index (χ0n) is 16.7. The molecule has 146 valence electrons. The van der Waals surface area contributed by atoms with Crippen molar-refractivity contribution in [2.75, 3.05) is 0 Å². The Kier molecular flexibility index (Phi) is 4.89. The molecule has 0 fully saturated rings. The number of phenols is 1. The Balaban J connectivity index is 1.67. The average molecular weight is 405 g/mol. The number of aromatic hydroxyl groups is 1. The van der Waals surface area contributed by atoms with Gasteiger partial charge in [0.05, 0.1) is 5.69 Å². The smallest absolute Gasteiger partial charge is 0.227 e. The lowest BCUT2D eigenvalue weighted by atomic mass is 10.0. The molecule has 1 N–H and O–H groups in total. The molecule has 1 aromatic heterocycles. The summed E-state index contributed by atoms with van der Waals surface area (Å²) < 4.78 is 5.89. The van der Waals surface area contributed by atoms with E-state index in [0.717, 1.165) is 44.6 Å². The van der Waals surface area contributed by atoms with Crippen LogP contribution >= 0.6 is 11.6 Å². The van der Waals surface area contributed by atoms with E-state index in [2.05, 4.69) is 9.98 Å². The highest BCUT2D eigenvalue weighted by Gasteiger charge is 2.11. The van der Waals surface area contributed by atoms with Crippen LogP contribution in [0.2, 0.25) is 5.02 Å². The lowest BCUT2D eigenvalue weighted by Gasteiger charge is -2.09. The maximum atomic E-state index is 10.3. The van der Waals surface area contributed by atoms with Gasteiger partial charge in [-0.1, -0.05) is 17.7 Å². The van der Waals surface area contributed by atoms with Crippen molar-refractivity contribution in [1.29, 1.82) is 0 Å². The van der Waals surface area contributed by atoms with E-state index >= 15 is 0 Å². The Morgan fingerprint density at radius 1 is 1.00 bits per heavy atom. The second kappa shape index (κ2) is 7.37. The van der Waals surface area contributed by atoms with Gasteiger partial charge in [0, 0.05) is 22.4 Å². The molecule has 0 unspecified atom stereocenters. The summed E-state index contributed by atoms with van der Waals surface area (Å²) in [5.74, 6) is 0.757. The molecular weight excluding hydrogens is 384 g/mol. The van der Waals surface area contributed by atoms with Gasteiger partial charge in [0.2, 0.25) is 5.89 Å². The van der Waals surface area contributed by atoms with Crippen molar-refractivity contribution in [2.24, 2.45) is 4.99 Å². The van der Waals surface area contributed by atoms with Crippen molar-refractivity contribution in [3.63, 3.8) is 0 Å². The number of aryl methyl sites for hydroxylation is 3. The first-order chi connectivity index (χ1) is 13.8. The summed E-state index contributed by atoms with van der Waals surface area (Å²) in [6.45, 7) is 7.76. The molecule has 0 bridgehead atoms. The Morgan fingerprint density at radius 2 is 1.79 bits per heavy atom. The van der Waals surface area contributed by atoms with Crippen molar-refractivity contribution in [2.45, 2.75) is 27.7 Å². The summed E-state index contributed by atoms with van der Waals surface area (Å²) in [4.78, 5) is 9.16. The van der Waals surface area contributed by atoms with E-state index in [1.165, 1.54) is 0 Å². The third-order valence-corrected chi connectivity index (χ3v) is 5.61. The zero-order valence-corrected chi connectivity index (χ0v) is 17.5. The summed E-state index contributed by atoms with van der Waals surface area (Å²) in [7, 11) is 0. The van der Waals surface area contributed by atoms with Crippen LogP contribution in [0, 0.1) is 27.7 Å². The lowest BCUT2D eigenvalue weighted by molar-refractivity contribution is 0.473. The molecule has 0 aliphatic heterocycles. The van der Waals surface area contributed by atoms with Gasteiger partial charge < -0.3 is 9.52 Å². The first-order valence-corrected chi connectivity index (χ1v) is 9.72. The largest absolute Gasteiger partial charge is 0.507 e. The average Bonchev–Trinajstić information content (AvgIpc) is 3.10. The van der Waals surface area contributed by atoms with E-state index in [1.54, 1.807) is 12.3 Å². The molecule has 0 saturated carbocycles. The molecule has 4 rings (SSSR count). The lowest BCUT2D eigenvalue weighted by Crippen LogP contribution is -1.92. The van der Waals surface area contributed by atoms with Crippen molar-refractivity contribution < 1.29 is 9.52 Å². The van der Waals surface area contributed by atoms with Crippen LogP contribution in [-0.4, -0.2) is 16.3 Å². The van der Waals surface area contributed by atoms with E-state index in [-0.39, 0.29) is 5.75 Å². The van der Waals surface area contributed by atoms with Gasteiger partial charge in [-0.05, 0) is 86.3 Å². The first-order valence-electron chi connectivity index (χ1n) is 9.34. The topological polar surface area (TPSA) is 58.6 Å². The molecule has 3 aromatic carbocycles. The summed E-state index contributed by atoms with van der Waals surface area (Å²) in [6, 6.07) is 13.5. The maximum absolute atomic E-state index is 10.3. The van der Waals surface area contributed by atoms with E-state index in [0.29, 0.717) is 16.5 Å². The molecule has 0 radical (unpaired) electrons. The Hall–Kier alpha value is -3.11. The SMILES string of the molecule is Cc1ccc2oc(-c3ccc(N=Cc4c(O)cc(C)c(Cl)c4C)c(C)c3)nc2c1. The molecular formula is C24H21ClN2O2. The highest BCUT2D eigenvalue weighted by molar-refractivity contribution is 6.32. The van der Waals surface area contributed by atoms with E-state index in [1.807, 2.05) is 64.1 Å². The van der Waals surface area contributed by atoms with Crippen LogP contribution in [-0.2, 0) is 0 Å². The number of oxazole rings is 1. The molecule has 0 aliphatic carbocycles. The molecule has 4 nitrogen and oxygen atoms in total. The Bertz CT molecular complexity index is 1270. The van der Waals surface area contributed by atoms with Gasteiger partial charge >= 0.3 is 0 Å². The Morgan fingerprint density at radius 3 is 2.55 bits per heavy atom. The number of halogens is 1. The second-order valence-electron chi connectivity index (χ2n) is 7.31. The highest BCUT2D eigenvalue weighted by Crippen LogP contribution is 2.32. The number of hydrogen-bond donors (Lipinski definition) is 1. The van der Waals surface area contributed by atoms with Crippen molar-refractivity contribution in [3.05, 3.63) is 75.3 Å². The number of nitrogens with zero attached hydrogens (tertiary/aromatic N) is 2. The number of fused-ring (bicyclic) bond motifs is 1. The van der Waals surface area contributed by atoms with E-state index < -0.39 is 0 Å². The van der Waals surface area contributed by atoms with Gasteiger partial charge in [-0.25, -0.2) is 4.98 Å². The predicted octanol–water partition coefficient (Wildman–Crippen LogP) is 6.84. The molecule has 4 aromatic rings. The zero-order chi connectivity index (χ0) is 20.7. The van der Waals surface area contributed by atoms with Crippen LogP contribution in [0.4, 0.5) is 5.69 Å². The highest BCUT2D eigenvalue weighted by atomic mass is 35.5. The van der Waals surface area contributed by atoms with Crippen LogP contribution < -0.4 is 0 Å². The maximum Gasteiger partial charge on any atom is 0.227 e. The van der Waals surface area contributed by atoms with Gasteiger partial charge in [-0.2, -0.15) is 0 Å². The number of rotatable bonds is 3. The molecule has 0 amide bonds. The third-order valence-electron chi connectivity index (χ3n) is 5.03. The van der Waals surface area contributed by atoms with Crippen molar-refractivity contribution in [1.82, 2.24) is 4.98 Å². The van der Waals surface area contributed by atoms with Crippen LogP contribution in [0.3, 0.4) is 0 Å². The van der Waals surface area contributed by atoms with Gasteiger partial charge in [0.25, 0.3) is 0 Å². The fraction of sp³-hybridized carbons (Fsp3) is 0.167. The van der Waals surface area contributed by atoms with Crippen LogP contribution in [0.5, 0.6) is 5.75 Å². The van der Waals surface area contributed by atoms with Gasteiger partial charge in [-0.15, -0.1) is 0 Å². The fourth-order valence-electron chi connectivity index (χ4n) is 3.34. The van der Waals surface area contributed by atoms with Gasteiger partial charge in [-0.3, -0.25) is 4.99 Å². The summed E-state index contributed by atoms with van der Waals surface area (Å²) >= 11 is 6.31. The quantitative estimate of drug-likeness (QED) is 0.380. The molecule has 1 heterocycles.